The summed E-state index contributed by atoms with van der Waals surface area (Å²) in [5, 5.41) is 14.6. The Morgan fingerprint density at radius 2 is 1.69 bits per heavy atom. The molecule has 5 nitrogen and oxygen atoms in total. The van der Waals surface area contributed by atoms with E-state index < -0.39 is 17.6 Å². The topological polar surface area (TPSA) is 64.6 Å². The summed E-state index contributed by atoms with van der Waals surface area (Å²) in [4.78, 5) is 14.6. The molecule has 1 fully saturated rings. The second-order valence-electron chi connectivity index (χ2n) is 7.71. The first-order chi connectivity index (χ1) is 15.3. The smallest absolute Gasteiger partial charge is 0.392 e. The number of nitrogens with one attached hydrogen (secondary N) is 2. The first kappa shape index (κ1) is 24.0. The Kier molecular flexibility index (Phi) is 8.09. The van der Waals surface area contributed by atoms with Crippen LogP contribution in [0.5, 0.6) is 0 Å². The first-order valence-electron chi connectivity index (χ1n) is 10.6. The first-order valence-corrected chi connectivity index (χ1v) is 11.0. The van der Waals surface area contributed by atoms with Crippen LogP contribution in [0.4, 0.5) is 24.5 Å². The quantitative estimate of drug-likeness (QED) is 0.549. The van der Waals surface area contributed by atoms with Crippen LogP contribution in [0.1, 0.15) is 53.6 Å². The summed E-state index contributed by atoms with van der Waals surface area (Å²) in [6.07, 6.45) is 0.740. The van der Waals surface area contributed by atoms with Crippen molar-refractivity contribution in [2.75, 3.05) is 23.3 Å². The number of aliphatic hydroxyl groups is 1. The van der Waals surface area contributed by atoms with E-state index in [0.29, 0.717) is 11.3 Å². The molecule has 1 heterocycles. The maximum absolute atomic E-state index is 13.3. The molecule has 1 aliphatic heterocycles. The van der Waals surface area contributed by atoms with Gasteiger partial charge in [-0.05, 0) is 54.9 Å². The molecule has 1 aliphatic rings. The summed E-state index contributed by atoms with van der Waals surface area (Å²) in [5.41, 5.74) is 0.685. The fourth-order valence-electron chi connectivity index (χ4n) is 3.78. The number of carbonyl (C=O) groups excluding carboxylic acids is 1. The lowest BCUT2D eigenvalue weighted by molar-refractivity contribution is -0.137. The number of amides is 1. The molecule has 172 valence electrons. The van der Waals surface area contributed by atoms with E-state index in [-0.39, 0.29) is 23.0 Å². The molecule has 2 aromatic rings. The molecule has 9 heteroatoms. The van der Waals surface area contributed by atoms with E-state index in [1.165, 1.54) is 6.07 Å². The predicted molar refractivity (Wildman–Crippen MR) is 123 cm³/mol. The number of thiocarbonyl (C=S) groups is 1. The summed E-state index contributed by atoms with van der Waals surface area (Å²) in [6, 6.07) is 10.0. The maximum Gasteiger partial charge on any atom is 0.416 e. The van der Waals surface area contributed by atoms with Crippen molar-refractivity contribution in [1.29, 1.82) is 0 Å². The monoisotopic (exact) mass is 465 g/mol. The number of nitrogens with zero attached hydrogens (tertiary/aromatic N) is 1. The Balaban J connectivity index is 1.83. The van der Waals surface area contributed by atoms with Crippen molar-refractivity contribution in [1.82, 2.24) is 5.32 Å². The molecule has 0 aromatic heterocycles. The van der Waals surface area contributed by atoms with E-state index >= 15 is 0 Å². The second kappa shape index (κ2) is 10.8. The molecule has 0 atom stereocenters. The van der Waals surface area contributed by atoms with Gasteiger partial charge in [-0.15, -0.1) is 0 Å². The number of carbonyl (C=O) groups is 1. The van der Waals surface area contributed by atoms with E-state index in [1.807, 2.05) is 0 Å². The highest BCUT2D eigenvalue weighted by molar-refractivity contribution is 7.80. The highest BCUT2D eigenvalue weighted by Gasteiger charge is 2.31. The van der Waals surface area contributed by atoms with Crippen LogP contribution in [0.3, 0.4) is 0 Å². The van der Waals surface area contributed by atoms with Crippen LogP contribution < -0.4 is 15.5 Å². The van der Waals surface area contributed by atoms with Crippen molar-refractivity contribution < 1.29 is 23.1 Å². The van der Waals surface area contributed by atoms with E-state index in [0.717, 1.165) is 57.3 Å². The number of benzene rings is 2. The van der Waals surface area contributed by atoms with Gasteiger partial charge in [0, 0.05) is 18.7 Å². The highest BCUT2D eigenvalue weighted by atomic mass is 32.1. The minimum Gasteiger partial charge on any atom is -0.392 e. The highest BCUT2D eigenvalue weighted by Crippen LogP contribution is 2.36. The molecule has 1 saturated heterocycles. The molecular weight excluding hydrogens is 439 g/mol. The third-order valence-electron chi connectivity index (χ3n) is 5.43. The lowest BCUT2D eigenvalue weighted by atomic mass is 10.1. The van der Waals surface area contributed by atoms with Crippen molar-refractivity contribution in [3.05, 3.63) is 59.2 Å². The summed E-state index contributed by atoms with van der Waals surface area (Å²) < 4.78 is 40.0. The summed E-state index contributed by atoms with van der Waals surface area (Å²) in [7, 11) is 0. The van der Waals surface area contributed by atoms with Gasteiger partial charge in [0.15, 0.2) is 5.11 Å². The maximum atomic E-state index is 13.3. The van der Waals surface area contributed by atoms with E-state index in [9.17, 15) is 23.1 Å². The number of anilines is 2. The van der Waals surface area contributed by atoms with Gasteiger partial charge in [-0.1, -0.05) is 37.5 Å². The van der Waals surface area contributed by atoms with Crippen molar-refractivity contribution in [3.63, 3.8) is 0 Å². The molecule has 0 spiro atoms. The molecular formula is C23H26F3N3O2S. The van der Waals surface area contributed by atoms with Gasteiger partial charge < -0.3 is 15.3 Å². The summed E-state index contributed by atoms with van der Waals surface area (Å²) in [6.45, 7) is 1.16. The van der Waals surface area contributed by atoms with Gasteiger partial charge in [0.2, 0.25) is 0 Å². The van der Waals surface area contributed by atoms with E-state index in [4.69, 9.17) is 12.2 Å². The molecule has 3 rings (SSSR count). The molecule has 0 bridgehead atoms. The second-order valence-corrected chi connectivity index (χ2v) is 8.12. The Labute approximate surface area is 190 Å². The summed E-state index contributed by atoms with van der Waals surface area (Å²) in [5.74, 6) is -0.549. The average molecular weight is 466 g/mol. The molecule has 0 unspecified atom stereocenters. The van der Waals surface area contributed by atoms with Gasteiger partial charge in [-0.25, -0.2) is 0 Å². The number of aliphatic hydroxyl groups excluding tert-OH is 1. The Morgan fingerprint density at radius 3 is 2.34 bits per heavy atom. The van der Waals surface area contributed by atoms with Gasteiger partial charge in [0.1, 0.15) is 0 Å². The van der Waals surface area contributed by atoms with Crippen LogP contribution in [0.2, 0.25) is 0 Å². The molecule has 3 N–H and O–H groups in total. The molecule has 0 aliphatic carbocycles. The lowest BCUT2D eigenvalue weighted by Gasteiger charge is -2.29. The number of hydrogen-bond acceptors (Lipinski definition) is 4. The standard InChI is InChI=1S/C23H26F3N3O2S/c24-23(25,26)17-10-11-20(29-12-6-2-1-3-7-13-29)19(14-17)27-22(32)28-21(31)18-9-5-4-8-16(18)15-30/h4-5,8-11,14,30H,1-3,6-7,12-13,15H2,(H2,27,28,31,32). The SMILES string of the molecule is O=C(NC(=S)Nc1cc(C(F)(F)F)ccc1N1CCCCCCC1)c1ccccc1CO. The number of rotatable bonds is 4. The Bertz CT molecular complexity index is 958. The number of halogens is 3. The normalized spacial score (nSPS) is 14.9. The van der Waals surface area contributed by atoms with Crippen molar-refractivity contribution in [2.24, 2.45) is 0 Å². The number of alkyl halides is 3. The van der Waals surface area contributed by atoms with Crippen molar-refractivity contribution in [3.8, 4) is 0 Å². The lowest BCUT2D eigenvalue weighted by Crippen LogP contribution is -2.35. The minimum atomic E-state index is -4.50. The van der Waals surface area contributed by atoms with Crippen LogP contribution in [-0.2, 0) is 12.8 Å². The predicted octanol–water partition coefficient (Wildman–Crippen LogP) is 5.10. The van der Waals surface area contributed by atoms with Gasteiger partial charge in [-0.3, -0.25) is 10.1 Å². The van der Waals surface area contributed by atoms with Crippen LogP contribution in [-0.4, -0.2) is 29.2 Å². The summed E-state index contributed by atoms with van der Waals surface area (Å²) >= 11 is 5.23. The molecule has 2 aromatic carbocycles. The van der Waals surface area contributed by atoms with Crippen molar-refractivity contribution >= 4 is 34.6 Å². The molecule has 0 radical (unpaired) electrons. The Morgan fingerprint density at radius 1 is 1.03 bits per heavy atom. The van der Waals surface area contributed by atoms with Crippen LogP contribution in [0.25, 0.3) is 0 Å². The van der Waals surface area contributed by atoms with Crippen LogP contribution in [0, 0.1) is 0 Å². The van der Waals surface area contributed by atoms with Gasteiger partial charge in [-0.2, -0.15) is 13.2 Å². The zero-order chi connectivity index (χ0) is 23.1. The zero-order valence-corrected chi connectivity index (χ0v) is 18.4. The zero-order valence-electron chi connectivity index (χ0n) is 17.5. The third kappa shape index (κ3) is 6.20. The average Bonchev–Trinajstić information content (AvgIpc) is 2.73. The minimum absolute atomic E-state index is 0.115. The molecule has 1 amide bonds. The largest absolute Gasteiger partial charge is 0.416 e. The third-order valence-corrected chi connectivity index (χ3v) is 5.63. The van der Waals surface area contributed by atoms with Crippen LogP contribution in [0.15, 0.2) is 42.5 Å². The molecule has 0 saturated carbocycles. The fourth-order valence-corrected chi connectivity index (χ4v) is 3.98. The number of hydrogen-bond donors (Lipinski definition) is 3. The van der Waals surface area contributed by atoms with E-state index in [1.54, 1.807) is 24.3 Å². The van der Waals surface area contributed by atoms with Gasteiger partial charge in [0.25, 0.3) is 5.91 Å². The van der Waals surface area contributed by atoms with Crippen LogP contribution >= 0.6 is 12.2 Å². The fraction of sp³-hybridized carbons (Fsp3) is 0.391. The van der Waals surface area contributed by atoms with E-state index in [2.05, 4.69) is 15.5 Å². The van der Waals surface area contributed by atoms with Gasteiger partial charge >= 0.3 is 6.18 Å². The van der Waals surface area contributed by atoms with Crippen molar-refractivity contribution in [2.45, 2.75) is 44.9 Å². The van der Waals surface area contributed by atoms with Gasteiger partial charge in [0.05, 0.1) is 23.5 Å². The molecule has 32 heavy (non-hydrogen) atoms. The Hall–Kier alpha value is -2.65.